The van der Waals surface area contributed by atoms with Crippen molar-refractivity contribution in [3.05, 3.63) is 23.7 Å². The third-order valence-corrected chi connectivity index (χ3v) is 4.00. The first-order chi connectivity index (χ1) is 8.86. The average molecular weight is 249 g/mol. The maximum Gasteiger partial charge on any atom is 0.185 e. The summed E-state index contributed by atoms with van der Waals surface area (Å²) in [5.74, 6) is 1.29. The van der Waals surface area contributed by atoms with E-state index >= 15 is 0 Å². The molecule has 1 saturated carbocycles. The van der Waals surface area contributed by atoms with Gasteiger partial charge in [-0.25, -0.2) is 0 Å². The van der Waals surface area contributed by atoms with E-state index in [2.05, 4.69) is 4.90 Å². The molecule has 18 heavy (non-hydrogen) atoms. The second-order valence-corrected chi connectivity index (χ2v) is 5.15. The summed E-state index contributed by atoms with van der Waals surface area (Å²) in [4.78, 5) is 13.1. The fourth-order valence-electron chi connectivity index (χ4n) is 3.12. The van der Waals surface area contributed by atoms with Crippen molar-refractivity contribution in [1.29, 1.82) is 0 Å². The van der Waals surface area contributed by atoms with Crippen LogP contribution in [0, 0.1) is 0 Å². The molecule has 1 aliphatic heterocycles. The lowest BCUT2D eigenvalue weighted by Crippen LogP contribution is -2.52. The number of hydrogen-bond acceptors (Lipinski definition) is 4. The van der Waals surface area contributed by atoms with Crippen molar-refractivity contribution >= 4 is 6.29 Å². The maximum absolute atomic E-state index is 10.6. The lowest BCUT2D eigenvalue weighted by Gasteiger charge is -2.43. The fourth-order valence-corrected chi connectivity index (χ4v) is 3.12. The van der Waals surface area contributed by atoms with Crippen LogP contribution >= 0.6 is 0 Å². The van der Waals surface area contributed by atoms with Gasteiger partial charge in [-0.3, -0.25) is 9.69 Å². The van der Waals surface area contributed by atoms with Crippen molar-refractivity contribution in [2.75, 3.05) is 13.2 Å². The molecule has 4 nitrogen and oxygen atoms in total. The summed E-state index contributed by atoms with van der Waals surface area (Å²) in [5.41, 5.74) is 0. The van der Waals surface area contributed by atoms with E-state index < -0.39 is 0 Å². The topological polar surface area (TPSA) is 42.7 Å². The number of morpholine rings is 1. The van der Waals surface area contributed by atoms with Crippen LogP contribution in [-0.2, 0) is 11.3 Å². The lowest BCUT2D eigenvalue weighted by molar-refractivity contribution is -0.0926. The minimum atomic E-state index is 0.396. The molecule has 1 aromatic rings. The fraction of sp³-hybridized carbons (Fsp3) is 0.643. The summed E-state index contributed by atoms with van der Waals surface area (Å²) in [5, 5.41) is 0. The van der Waals surface area contributed by atoms with E-state index in [0.29, 0.717) is 17.9 Å². The van der Waals surface area contributed by atoms with Crippen molar-refractivity contribution in [2.45, 2.75) is 44.4 Å². The standard InChI is InChI=1S/C14H19NO3/c16-10-12-6-5-11(18-12)9-15-7-8-17-14-4-2-1-3-13(14)15/h5-6,10,13-14H,1-4,7-9H2. The summed E-state index contributed by atoms with van der Waals surface area (Å²) in [6.07, 6.45) is 6.12. The molecule has 3 rings (SSSR count). The Balaban J connectivity index is 1.68. The third kappa shape index (κ3) is 2.35. The highest BCUT2D eigenvalue weighted by Crippen LogP contribution is 2.29. The number of nitrogens with zero attached hydrogens (tertiary/aromatic N) is 1. The largest absolute Gasteiger partial charge is 0.457 e. The Kier molecular flexibility index (Phi) is 3.48. The predicted molar refractivity (Wildman–Crippen MR) is 66.5 cm³/mol. The number of hydrogen-bond donors (Lipinski definition) is 0. The zero-order valence-corrected chi connectivity index (χ0v) is 10.5. The second kappa shape index (κ2) is 5.24. The SMILES string of the molecule is O=Cc1ccc(CN2CCOC3CCCCC32)o1. The van der Waals surface area contributed by atoms with Crippen LogP contribution in [-0.4, -0.2) is 36.5 Å². The molecule has 1 aliphatic carbocycles. The first kappa shape index (κ1) is 11.9. The van der Waals surface area contributed by atoms with Gasteiger partial charge in [0.2, 0.25) is 0 Å². The highest BCUT2D eigenvalue weighted by atomic mass is 16.5. The minimum absolute atomic E-state index is 0.396. The Bertz CT molecular complexity index is 413. The molecule has 2 aliphatic rings. The molecule has 1 saturated heterocycles. The Hall–Kier alpha value is -1.13. The van der Waals surface area contributed by atoms with Crippen LogP contribution in [0.4, 0.5) is 0 Å². The number of fused-ring (bicyclic) bond motifs is 1. The van der Waals surface area contributed by atoms with Crippen molar-refractivity contribution in [3.8, 4) is 0 Å². The van der Waals surface area contributed by atoms with Gasteiger partial charge < -0.3 is 9.15 Å². The van der Waals surface area contributed by atoms with Gasteiger partial charge in [-0.05, 0) is 25.0 Å². The van der Waals surface area contributed by atoms with Gasteiger partial charge >= 0.3 is 0 Å². The molecule has 1 aromatic heterocycles. The van der Waals surface area contributed by atoms with E-state index in [0.717, 1.165) is 31.7 Å². The van der Waals surface area contributed by atoms with Crippen molar-refractivity contribution in [3.63, 3.8) is 0 Å². The molecule has 0 radical (unpaired) electrons. The van der Waals surface area contributed by atoms with Gasteiger partial charge in [0.25, 0.3) is 0 Å². The van der Waals surface area contributed by atoms with E-state index in [1.807, 2.05) is 6.07 Å². The number of carbonyl (C=O) groups excluding carboxylic acids is 1. The minimum Gasteiger partial charge on any atom is -0.457 e. The van der Waals surface area contributed by atoms with Crippen molar-refractivity contribution in [1.82, 2.24) is 4.90 Å². The zero-order valence-electron chi connectivity index (χ0n) is 10.5. The highest BCUT2D eigenvalue weighted by Gasteiger charge is 2.34. The predicted octanol–water partition coefficient (Wildman–Crippen LogP) is 2.24. The average Bonchev–Trinajstić information content (AvgIpc) is 2.87. The molecule has 0 bridgehead atoms. The van der Waals surface area contributed by atoms with Crippen molar-refractivity contribution in [2.24, 2.45) is 0 Å². The Morgan fingerprint density at radius 2 is 2.22 bits per heavy atom. The van der Waals surface area contributed by atoms with Crippen LogP contribution in [0.5, 0.6) is 0 Å². The molecule has 2 atom stereocenters. The number of carbonyl (C=O) groups is 1. The normalized spacial score (nSPS) is 28.9. The second-order valence-electron chi connectivity index (χ2n) is 5.15. The number of aldehydes is 1. The molecular formula is C14H19NO3. The van der Waals surface area contributed by atoms with Gasteiger partial charge in [0.15, 0.2) is 12.0 Å². The Morgan fingerprint density at radius 3 is 3.06 bits per heavy atom. The van der Waals surface area contributed by atoms with Gasteiger partial charge in [0.1, 0.15) is 5.76 Å². The quantitative estimate of drug-likeness (QED) is 0.770. The lowest BCUT2D eigenvalue weighted by atomic mass is 9.90. The van der Waals surface area contributed by atoms with E-state index in [4.69, 9.17) is 9.15 Å². The smallest absolute Gasteiger partial charge is 0.185 e. The molecule has 2 fully saturated rings. The van der Waals surface area contributed by atoms with E-state index in [-0.39, 0.29) is 0 Å². The highest BCUT2D eigenvalue weighted by molar-refractivity contribution is 5.70. The zero-order chi connectivity index (χ0) is 12.4. The summed E-state index contributed by atoms with van der Waals surface area (Å²) >= 11 is 0. The van der Waals surface area contributed by atoms with E-state index in [1.54, 1.807) is 6.07 Å². The summed E-state index contributed by atoms with van der Waals surface area (Å²) in [7, 11) is 0. The van der Waals surface area contributed by atoms with Crippen LogP contribution in [0.1, 0.15) is 42.0 Å². The number of furan rings is 1. The van der Waals surface area contributed by atoms with Crippen LogP contribution in [0.15, 0.2) is 16.5 Å². The summed E-state index contributed by atoms with van der Waals surface area (Å²) in [6.45, 7) is 2.55. The van der Waals surface area contributed by atoms with Crippen LogP contribution in [0.2, 0.25) is 0 Å². The molecule has 4 heteroatoms. The van der Waals surface area contributed by atoms with Crippen LogP contribution in [0.3, 0.4) is 0 Å². The Labute approximate surface area is 107 Å². The van der Waals surface area contributed by atoms with E-state index in [1.165, 1.54) is 25.7 Å². The van der Waals surface area contributed by atoms with Gasteiger partial charge in [0.05, 0.1) is 19.3 Å². The molecule has 0 spiro atoms. The van der Waals surface area contributed by atoms with Gasteiger partial charge in [0, 0.05) is 12.6 Å². The third-order valence-electron chi connectivity index (χ3n) is 4.00. The molecule has 2 heterocycles. The van der Waals surface area contributed by atoms with Gasteiger partial charge in [-0.15, -0.1) is 0 Å². The van der Waals surface area contributed by atoms with Crippen LogP contribution < -0.4 is 0 Å². The molecule has 0 N–H and O–H groups in total. The number of rotatable bonds is 3. The van der Waals surface area contributed by atoms with Gasteiger partial charge in [-0.2, -0.15) is 0 Å². The number of ether oxygens (including phenoxy) is 1. The molecule has 0 aromatic carbocycles. The van der Waals surface area contributed by atoms with Gasteiger partial charge in [-0.1, -0.05) is 12.8 Å². The molecule has 2 unspecified atom stereocenters. The van der Waals surface area contributed by atoms with Crippen LogP contribution in [0.25, 0.3) is 0 Å². The van der Waals surface area contributed by atoms with E-state index in [9.17, 15) is 4.79 Å². The first-order valence-electron chi connectivity index (χ1n) is 6.76. The first-order valence-corrected chi connectivity index (χ1v) is 6.76. The molecule has 98 valence electrons. The summed E-state index contributed by atoms with van der Waals surface area (Å²) in [6, 6.07) is 4.16. The molecular weight excluding hydrogens is 230 g/mol. The molecule has 0 amide bonds. The van der Waals surface area contributed by atoms with Crippen molar-refractivity contribution < 1.29 is 13.9 Å². The Morgan fingerprint density at radius 1 is 1.33 bits per heavy atom. The maximum atomic E-state index is 10.6. The summed E-state index contributed by atoms with van der Waals surface area (Å²) < 4.78 is 11.3. The monoisotopic (exact) mass is 249 g/mol.